The monoisotopic (exact) mass is 181 g/mol. The Balaban J connectivity index is 2.16. The molecule has 2 rings (SSSR count). The Hall–Kier alpha value is -0.0400. The fraction of sp³-hybridized carbons (Fsp3) is 1.00. The van der Waals surface area contributed by atoms with Crippen LogP contribution in [0.1, 0.15) is 65.2 Å². The number of fused-ring (bicyclic) bond motifs is 2. The van der Waals surface area contributed by atoms with Gasteiger partial charge in [0.05, 0.1) is 0 Å². The molecule has 2 heterocycles. The molecule has 0 aromatic heterocycles. The van der Waals surface area contributed by atoms with Gasteiger partial charge in [-0.3, -0.25) is 0 Å². The molecule has 0 amide bonds. The number of hydrogen-bond donors (Lipinski definition) is 1. The molecule has 2 aliphatic heterocycles. The molecule has 76 valence electrons. The topological polar surface area (TPSA) is 12.0 Å². The number of hydrogen-bond acceptors (Lipinski definition) is 1. The summed E-state index contributed by atoms with van der Waals surface area (Å²) >= 11 is 0. The van der Waals surface area contributed by atoms with Crippen LogP contribution in [0.2, 0.25) is 0 Å². The van der Waals surface area contributed by atoms with Gasteiger partial charge in [0.1, 0.15) is 0 Å². The van der Waals surface area contributed by atoms with Gasteiger partial charge in [0.2, 0.25) is 0 Å². The Labute approximate surface area is 82.3 Å². The van der Waals surface area contributed by atoms with E-state index in [0.717, 1.165) is 0 Å². The van der Waals surface area contributed by atoms with Gasteiger partial charge in [-0.15, -0.1) is 0 Å². The van der Waals surface area contributed by atoms with E-state index < -0.39 is 0 Å². The Bertz CT molecular complexity index is 158. The maximum absolute atomic E-state index is 3.98. The number of nitrogens with one attached hydrogen (secondary N) is 1. The summed E-state index contributed by atoms with van der Waals surface area (Å²) < 4.78 is 0. The predicted molar refractivity (Wildman–Crippen MR) is 56.9 cm³/mol. The molecule has 2 fully saturated rings. The lowest BCUT2D eigenvalue weighted by atomic mass is 9.68. The molecule has 1 heteroatoms. The van der Waals surface area contributed by atoms with Crippen LogP contribution in [0.25, 0.3) is 0 Å². The zero-order valence-corrected chi connectivity index (χ0v) is 9.16. The number of piperidine rings is 2. The molecular weight excluding hydrogens is 158 g/mol. The van der Waals surface area contributed by atoms with Crippen LogP contribution in [-0.2, 0) is 0 Å². The molecule has 13 heavy (non-hydrogen) atoms. The zero-order chi connectivity index (χ0) is 9.36. The summed E-state index contributed by atoms with van der Waals surface area (Å²) in [4.78, 5) is 0. The molecule has 0 aromatic rings. The molecule has 0 atom stereocenters. The van der Waals surface area contributed by atoms with Crippen molar-refractivity contribution in [2.24, 2.45) is 0 Å². The molecule has 2 saturated heterocycles. The van der Waals surface area contributed by atoms with E-state index >= 15 is 0 Å². The smallest absolute Gasteiger partial charge is 0.0184 e. The van der Waals surface area contributed by atoms with Crippen LogP contribution in [0.5, 0.6) is 0 Å². The lowest BCUT2D eigenvalue weighted by Gasteiger charge is -2.53. The zero-order valence-electron chi connectivity index (χ0n) is 9.16. The van der Waals surface area contributed by atoms with E-state index in [9.17, 15) is 0 Å². The van der Waals surface area contributed by atoms with E-state index in [4.69, 9.17) is 0 Å². The Kier molecular flexibility index (Phi) is 2.39. The first kappa shape index (κ1) is 9.51. The maximum atomic E-state index is 3.98. The van der Waals surface area contributed by atoms with E-state index in [0.29, 0.717) is 11.1 Å². The summed E-state index contributed by atoms with van der Waals surface area (Å²) in [6.07, 6.45) is 11.2. The second-order valence-corrected chi connectivity index (χ2v) is 5.10. The van der Waals surface area contributed by atoms with E-state index in [1.165, 1.54) is 51.4 Å². The van der Waals surface area contributed by atoms with Gasteiger partial charge in [-0.25, -0.2) is 0 Å². The maximum Gasteiger partial charge on any atom is 0.0184 e. The van der Waals surface area contributed by atoms with Crippen molar-refractivity contribution in [2.45, 2.75) is 76.3 Å². The van der Waals surface area contributed by atoms with E-state index in [-0.39, 0.29) is 0 Å². The van der Waals surface area contributed by atoms with Crippen molar-refractivity contribution in [1.29, 1.82) is 0 Å². The second-order valence-electron chi connectivity index (χ2n) is 5.10. The molecule has 0 unspecified atom stereocenters. The van der Waals surface area contributed by atoms with Crippen molar-refractivity contribution in [2.75, 3.05) is 0 Å². The molecule has 0 aliphatic carbocycles. The van der Waals surface area contributed by atoms with Gasteiger partial charge in [-0.2, -0.15) is 0 Å². The summed E-state index contributed by atoms with van der Waals surface area (Å²) in [5, 5.41) is 3.98. The third-order valence-corrected chi connectivity index (χ3v) is 4.51. The highest BCUT2D eigenvalue weighted by atomic mass is 15.1. The first-order valence-corrected chi connectivity index (χ1v) is 6.04. The first-order valence-electron chi connectivity index (χ1n) is 6.04. The van der Waals surface area contributed by atoms with Crippen LogP contribution in [0, 0.1) is 0 Å². The minimum Gasteiger partial charge on any atom is -0.306 e. The third-order valence-electron chi connectivity index (χ3n) is 4.51. The van der Waals surface area contributed by atoms with Crippen molar-refractivity contribution in [3.05, 3.63) is 0 Å². The van der Waals surface area contributed by atoms with Gasteiger partial charge >= 0.3 is 0 Å². The third kappa shape index (κ3) is 1.52. The van der Waals surface area contributed by atoms with Crippen LogP contribution in [0.3, 0.4) is 0 Å². The Morgan fingerprint density at radius 3 is 1.54 bits per heavy atom. The van der Waals surface area contributed by atoms with E-state index in [1.54, 1.807) is 0 Å². The summed E-state index contributed by atoms with van der Waals surface area (Å²) in [6, 6.07) is 0. The SMILES string of the molecule is CCC12CCCC(CC)(CCC1)N2. The molecule has 0 radical (unpaired) electrons. The average molecular weight is 181 g/mol. The fourth-order valence-corrected chi connectivity index (χ4v) is 3.48. The normalized spacial score (nSPS) is 44.8. The summed E-state index contributed by atoms with van der Waals surface area (Å²) in [6.45, 7) is 4.70. The van der Waals surface area contributed by atoms with Gasteiger partial charge in [0.15, 0.2) is 0 Å². The Morgan fingerprint density at radius 2 is 1.23 bits per heavy atom. The molecular formula is C12H23N. The molecule has 0 saturated carbocycles. The van der Waals surface area contributed by atoms with Gasteiger partial charge < -0.3 is 5.32 Å². The van der Waals surface area contributed by atoms with Crippen molar-refractivity contribution in [1.82, 2.24) is 5.32 Å². The fourth-order valence-electron chi connectivity index (χ4n) is 3.48. The highest BCUT2D eigenvalue weighted by Gasteiger charge is 2.44. The van der Waals surface area contributed by atoms with Gasteiger partial charge in [-0.1, -0.05) is 13.8 Å². The van der Waals surface area contributed by atoms with Crippen LogP contribution in [-0.4, -0.2) is 11.1 Å². The average Bonchev–Trinajstić information content (AvgIpc) is 2.18. The second kappa shape index (κ2) is 3.27. The lowest BCUT2D eigenvalue weighted by molar-refractivity contribution is 0.0622. The highest BCUT2D eigenvalue weighted by Crippen LogP contribution is 2.42. The predicted octanol–water partition coefficient (Wildman–Crippen LogP) is 3.24. The standard InChI is InChI=1S/C12H23N/c1-3-11-7-5-9-12(4-2,13-11)10-6-8-11/h13H,3-10H2,1-2H3. The Morgan fingerprint density at radius 1 is 0.846 bits per heavy atom. The highest BCUT2D eigenvalue weighted by molar-refractivity contribution is 5.05. The van der Waals surface area contributed by atoms with Crippen molar-refractivity contribution in [3.8, 4) is 0 Å². The van der Waals surface area contributed by atoms with Crippen molar-refractivity contribution < 1.29 is 0 Å². The van der Waals surface area contributed by atoms with Gasteiger partial charge in [-0.05, 0) is 51.4 Å². The van der Waals surface area contributed by atoms with Crippen molar-refractivity contribution in [3.63, 3.8) is 0 Å². The largest absolute Gasteiger partial charge is 0.306 e. The van der Waals surface area contributed by atoms with Gasteiger partial charge in [0.25, 0.3) is 0 Å². The molecule has 2 aliphatic rings. The van der Waals surface area contributed by atoms with Crippen LogP contribution in [0.4, 0.5) is 0 Å². The lowest BCUT2D eigenvalue weighted by Crippen LogP contribution is -2.63. The summed E-state index contributed by atoms with van der Waals surface area (Å²) in [5.74, 6) is 0. The molecule has 0 aromatic carbocycles. The van der Waals surface area contributed by atoms with Crippen LogP contribution < -0.4 is 5.32 Å². The van der Waals surface area contributed by atoms with E-state index in [1.807, 2.05) is 0 Å². The van der Waals surface area contributed by atoms with Crippen molar-refractivity contribution >= 4 is 0 Å². The summed E-state index contributed by atoms with van der Waals surface area (Å²) in [5.41, 5.74) is 1.07. The van der Waals surface area contributed by atoms with E-state index in [2.05, 4.69) is 19.2 Å². The summed E-state index contributed by atoms with van der Waals surface area (Å²) in [7, 11) is 0. The molecule has 0 spiro atoms. The minimum absolute atomic E-state index is 0.534. The molecule has 2 bridgehead atoms. The van der Waals surface area contributed by atoms with Crippen LogP contribution >= 0.6 is 0 Å². The first-order chi connectivity index (χ1) is 6.24. The quantitative estimate of drug-likeness (QED) is 0.689. The molecule has 1 nitrogen and oxygen atoms in total. The van der Waals surface area contributed by atoms with Gasteiger partial charge in [0, 0.05) is 11.1 Å². The minimum atomic E-state index is 0.534. The number of rotatable bonds is 2. The molecule has 1 N–H and O–H groups in total. The van der Waals surface area contributed by atoms with Crippen LogP contribution in [0.15, 0.2) is 0 Å².